The summed E-state index contributed by atoms with van der Waals surface area (Å²) < 4.78 is 0. The number of carbonyl (C=O) groups is 1. The normalized spacial score (nSPS) is 20.0. The molecule has 1 aliphatic heterocycles. The number of likely N-dealkylation sites (tertiary alicyclic amines) is 1. The van der Waals surface area contributed by atoms with Crippen LogP contribution in [0.25, 0.3) is 0 Å². The van der Waals surface area contributed by atoms with Crippen molar-refractivity contribution in [1.82, 2.24) is 4.90 Å². The fourth-order valence-electron chi connectivity index (χ4n) is 3.46. The maximum Gasteiger partial charge on any atom is 0.320 e. The van der Waals surface area contributed by atoms with Gasteiger partial charge in [-0.1, -0.05) is 37.1 Å². The van der Waals surface area contributed by atoms with Gasteiger partial charge < -0.3 is 5.11 Å². The quantitative estimate of drug-likeness (QED) is 0.813. The molecule has 24 heavy (non-hydrogen) atoms. The maximum atomic E-state index is 11.8. The van der Waals surface area contributed by atoms with Crippen LogP contribution >= 0.6 is 22.9 Å². The molecule has 0 spiro atoms. The lowest BCUT2D eigenvalue weighted by Crippen LogP contribution is -2.46. The van der Waals surface area contributed by atoms with Crippen molar-refractivity contribution in [3.05, 3.63) is 56.7 Å². The maximum absolute atomic E-state index is 11.8. The Hall–Kier alpha value is -1.36. The highest BCUT2D eigenvalue weighted by Crippen LogP contribution is 2.38. The van der Waals surface area contributed by atoms with Crippen molar-refractivity contribution in [3.63, 3.8) is 0 Å². The standard InChI is InChI=1S/C19H22ClNO2S/c1-2-15-9-10-17(24-15)18(13-6-5-7-14(20)12-13)21-11-4-3-8-16(21)19(22)23/h5-7,9-10,12,16,18H,2-4,8,11H2,1H3,(H,22,23). The van der Waals surface area contributed by atoms with Gasteiger partial charge in [-0.3, -0.25) is 9.69 Å². The van der Waals surface area contributed by atoms with E-state index in [1.807, 2.05) is 18.2 Å². The summed E-state index contributed by atoms with van der Waals surface area (Å²) in [7, 11) is 0. The molecule has 1 aromatic heterocycles. The molecule has 3 rings (SSSR count). The lowest BCUT2D eigenvalue weighted by Gasteiger charge is -2.39. The van der Waals surface area contributed by atoms with Crippen LogP contribution in [0.2, 0.25) is 5.02 Å². The van der Waals surface area contributed by atoms with Crippen LogP contribution in [0.4, 0.5) is 0 Å². The predicted octanol–water partition coefficient (Wildman–Crippen LogP) is 4.99. The van der Waals surface area contributed by atoms with E-state index in [0.717, 1.165) is 31.4 Å². The Morgan fingerprint density at radius 2 is 2.21 bits per heavy atom. The van der Waals surface area contributed by atoms with Crippen LogP contribution in [0.15, 0.2) is 36.4 Å². The smallest absolute Gasteiger partial charge is 0.320 e. The number of hydrogen-bond donors (Lipinski definition) is 1. The molecular formula is C19H22ClNO2S. The van der Waals surface area contributed by atoms with Gasteiger partial charge in [0.2, 0.25) is 0 Å². The van der Waals surface area contributed by atoms with E-state index in [9.17, 15) is 9.90 Å². The summed E-state index contributed by atoms with van der Waals surface area (Å²) in [6, 6.07) is 11.6. The molecule has 0 bridgehead atoms. The van der Waals surface area contributed by atoms with E-state index in [0.29, 0.717) is 11.4 Å². The van der Waals surface area contributed by atoms with Crippen LogP contribution in [-0.2, 0) is 11.2 Å². The molecule has 2 unspecified atom stereocenters. The third kappa shape index (κ3) is 3.66. The van der Waals surface area contributed by atoms with E-state index in [-0.39, 0.29) is 6.04 Å². The Morgan fingerprint density at radius 3 is 2.88 bits per heavy atom. The zero-order valence-electron chi connectivity index (χ0n) is 13.7. The minimum absolute atomic E-state index is 0.0459. The number of carboxylic acid groups (broad SMARTS) is 1. The second-order valence-corrected chi connectivity index (χ2v) is 7.84. The summed E-state index contributed by atoms with van der Waals surface area (Å²) in [5.74, 6) is -0.728. The highest BCUT2D eigenvalue weighted by atomic mass is 35.5. The van der Waals surface area contributed by atoms with Crippen LogP contribution in [0.1, 0.15) is 47.5 Å². The molecule has 2 heterocycles. The van der Waals surface area contributed by atoms with Gasteiger partial charge >= 0.3 is 5.97 Å². The summed E-state index contributed by atoms with van der Waals surface area (Å²) >= 11 is 7.99. The second kappa shape index (κ2) is 7.68. The fourth-order valence-corrected chi connectivity index (χ4v) is 4.76. The Kier molecular flexibility index (Phi) is 5.59. The van der Waals surface area contributed by atoms with Crippen LogP contribution in [0.5, 0.6) is 0 Å². The molecule has 0 saturated carbocycles. The Morgan fingerprint density at radius 1 is 1.38 bits per heavy atom. The Bertz CT molecular complexity index is 715. The number of halogens is 1. The number of piperidine rings is 1. The lowest BCUT2D eigenvalue weighted by atomic mass is 9.95. The molecule has 1 saturated heterocycles. The number of thiophene rings is 1. The highest BCUT2D eigenvalue weighted by Gasteiger charge is 2.35. The first kappa shape index (κ1) is 17.5. The van der Waals surface area contributed by atoms with Gasteiger partial charge in [-0.2, -0.15) is 0 Å². The number of benzene rings is 1. The number of nitrogens with zero attached hydrogens (tertiary/aromatic N) is 1. The average Bonchev–Trinajstić information content (AvgIpc) is 3.04. The molecule has 128 valence electrons. The van der Waals surface area contributed by atoms with Crippen LogP contribution in [-0.4, -0.2) is 28.6 Å². The molecule has 0 radical (unpaired) electrons. The minimum Gasteiger partial charge on any atom is -0.480 e. The van der Waals surface area contributed by atoms with Crippen molar-refractivity contribution in [2.45, 2.75) is 44.7 Å². The number of aliphatic carboxylic acids is 1. The van der Waals surface area contributed by atoms with Gasteiger partial charge in [-0.05, 0) is 55.6 Å². The van der Waals surface area contributed by atoms with Gasteiger partial charge in [0.05, 0.1) is 6.04 Å². The van der Waals surface area contributed by atoms with Gasteiger partial charge in [-0.15, -0.1) is 11.3 Å². The molecule has 2 aromatic rings. The van der Waals surface area contributed by atoms with Crippen molar-refractivity contribution >= 4 is 28.9 Å². The molecule has 1 N–H and O–H groups in total. The first-order valence-electron chi connectivity index (χ1n) is 8.42. The molecule has 2 atom stereocenters. The first-order chi connectivity index (χ1) is 11.6. The van der Waals surface area contributed by atoms with Gasteiger partial charge in [0.1, 0.15) is 6.04 Å². The van der Waals surface area contributed by atoms with E-state index in [2.05, 4.69) is 30.0 Å². The molecule has 5 heteroatoms. The van der Waals surface area contributed by atoms with Crippen molar-refractivity contribution in [2.75, 3.05) is 6.54 Å². The second-order valence-electron chi connectivity index (χ2n) is 6.20. The zero-order chi connectivity index (χ0) is 17.1. The Balaban J connectivity index is 2.05. The summed E-state index contributed by atoms with van der Waals surface area (Å²) in [5.41, 5.74) is 1.07. The molecule has 1 aliphatic rings. The van der Waals surface area contributed by atoms with Crippen molar-refractivity contribution < 1.29 is 9.90 Å². The lowest BCUT2D eigenvalue weighted by molar-refractivity contribution is -0.145. The molecule has 3 nitrogen and oxygen atoms in total. The van der Waals surface area contributed by atoms with Gasteiger partial charge in [0.15, 0.2) is 0 Å². The van der Waals surface area contributed by atoms with Gasteiger partial charge in [-0.25, -0.2) is 0 Å². The number of carboxylic acids is 1. The van der Waals surface area contributed by atoms with Crippen LogP contribution in [0, 0.1) is 0 Å². The molecule has 1 aromatic carbocycles. The van der Waals surface area contributed by atoms with Crippen molar-refractivity contribution in [2.24, 2.45) is 0 Å². The van der Waals surface area contributed by atoms with Crippen molar-refractivity contribution in [1.29, 1.82) is 0 Å². The highest BCUT2D eigenvalue weighted by molar-refractivity contribution is 7.12. The molecule has 0 aliphatic carbocycles. The van der Waals surface area contributed by atoms with E-state index in [4.69, 9.17) is 11.6 Å². The van der Waals surface area contributed by atoms with Crippen molar-refractivity contribution in [3.8, 4) is 0 Å². The summed E-state index contributed by atoms with van der Waals surface area (Å²) in [6.07, 6.45) is 3.71. The monoisotopic (exact) mass is 363 g/mol. The van der Waals surface area contributed by atoms with E-state index in [1.54, 1.807) is 11.3 Å². The predicted molar refractivity (Wildman–Crippen MR) is 99.0 cm³/mol. The van der Waals surface area contributed by atoms with Crippen LogP contribution in [0.3, 0.4) is 0 Å². The summed E-state index contributed by atoms with van der Waals surface area (Å²) in [4.78, 5) is 16.5. The first-order valence-corrected chi connectivity index (χ1v) is 9.62. The number of rotatable bonds is 5. The van der Waals surface area contributed by atoms with Gasteiger partial charge in [0, 0.05) is 14.8 Å². The summed E-state index contributed by atoms with van der Waals surface area (Å²) in [5, 5.41) is 10.4. The molecule has 1 fully saturated rings. The average molecular weight is 364 g/mol. The minimum atomic E-state index is -0.728. The van der Waals surface area contributed by atoms with E-state index in [1.165, 1.54) is 9.75 Å². The molecule has 0 amide bonds. The van der Waals surface area contributed by atoms with Gasteiger partial charge in [0.25, 0.3) is 0 Å². The third-order valence-electron chi connectivity index (χ3n) is 4.63. The summed E-state index contributed by atoms with van der Waals surface area (Å²) in [6.45, 7) is 2.94. The molecular weight excluding hydrogens is 342 g/mol. The van der Waals surface area contributed by atoms with E-state index >= 15 is 0 Å². The Labute approximate surface area is 151 Å². The topological polar surface area (TPSA) is 40.5 Å². The zero-order valence-corrected chi connectivity index (χ0v) is 15.3. The third-order valence-corrected chi connectivity index (χ3v) is 6.14. The largest absolute Gasteiger partial charge is 0.480 e. The SMILES string of the molecule is CCc1ccc(C(c2cccc(Cl)c2)N2CCCCC2C(=O)O)s1. The number of hydrogen-bond acceptors (Lipinski definition) is 3. The fraction of sp³-hybridized carbons (Fsp3) is 0.421. The van der Waals surface area contributed by atoms with Crippen LogP contribution < -0.4 is 0 Å². The van der Waals surface area contributed by atoms with E-state index < -0.39 is 12.0 Å². The number of aryl methyl sites for hydroxylation is 1.